The molecule has 2 unspecified atom stereocenters. The van der Waals surface area contributed by atoms with Gasteiger partial charge in [-0.3, -0.25) is 9.59 Å². The SMILES string of the molecule is CN(C(=O)c1cccc(C(=O)NCC2CNCC2O)c1)c1ccccc1.Cl. The smallest absolute Gasteiger partial charge is 0.258 e. The van der Waals surface area contributed by atoms with E-state index >= 15 is 0 Å². The minimum atomic E-state index is -0.442. The van der Waals surface area contributed by atoms with E-state index in [2.05, 4.69) is 10.6 Å². The first-order valence-corrected chi connectivity index (χ1v) is 8.66. The maximum absolute atomic E-state index is 12.7. The van der Waals surface area contributed by atoms with Gasteiger partial charge in [0.05, 0.1) is 6.10 Å². The molecule has 3 rings (SSSR count). The maximum atomic E-state index is 12.7. The molecular weight excluding hydrogens is 366 g/mol. The fourth-order valence-corrected chi connectivity index (χ4v) is 3.01. The number of hydrogen-bond acceptors (Lipinski definition) is 4. The van der Waals surface area contributed by atoms with Gasteiger partial charge in [-0.25, -0.2) is 0 Å². The molecule has 0 bridgehead atoms. The molecule has 144 valence electrons. The standard InChI is InChI=1S/C20H23N3O3.ClH/c1-23(17-8-3-2-4-9-17)20(26)15-7-5-6-14(10-15)19(25)22-12-16-11-21-13-18(16)24;/h2-10,16,18,21,24H,11-13H2,1H3,(H,22,25);1H. The minimum absolute atomic E-state index is 0. The number of amides is 2. The molecule has 1 aliphatic heterocycles. The minimum Gasteiger partial charge on any atom is -0.391 e. The maximum Gasteiger partial charge on any atom is 0.258 e. The number of anilines is 1. The van der Waals surface area contributed by atoms with Crippen molar-refractivity contribution in [2.45, 2.75) is 6.10 Å². The highest BCUT2D eigenvalue weighted by Crippen LogP contribution is 2.16. The largest absolute Gasteiger partial charge is 0.391 e. The number of hydrogen-bond donors (Lipinski definition) is 3. The zero-order valence-corrected chi connectivity index (χ0v) is 15.9. The number of nitrogens with zero attached hydrogens (tertiary/aromatic N) is 1. The second kappa shape index (κ2) is 9.50. The van der Waals surface area contributed by atoms with Crippen LogP contribution >= 0.6 is 12.4 Å². The lowest BCUT2D eigenvalue weighted by atomic mass is 10.1. The molecule has 0 spiro atoms. The number of aliphatic hydroxyl groups excluding tert-OH is 1. The molecule has 2 aromatic carbocycles. The molecule has 7 heteroatoms. The van der Waals surface area contributed by atoms with Crippen molar-refractivity contribution in [2.24, 2.45) is 5.92 Å². The first kappa shape index (κ1) is 20.9. The van der Waals surface area contributed by atoms with Gasteiger partial charge in [0.15, 0.2) is 0 Å². The van der Waals surface area contributed by atoms with Crippen molar-refractivity contribution >= 4 is 29.9 Å². The first-order valence-electron chi connectivity index (χ1n) is 8.66. The van der Waals surface area contributed by atoms with Crippen molar-refractivity contribution in [3.05, 3.63) is 65.7 Å². The van der Waals surface area contributed by atoms with E-state index in [0.717, 1.165) is 5.69 Å². The molecule has 27 heavy (non-hydrogen) atoms. The van der Waals surface area contributed by atoms with Crippen LogP contribution in [0.2, 0.25) is 0 Å². The Kier molecular flexibility index (Phi) is 7.36. The second-order valence-corrected chi connectivity index (χ2v) is 6.48. The van der Waals surface area contributed by atoms with E-state index < -0.39 is 6.10 Å². The topological polar surface area (TPSA) is 81.7 Å². The lowest BCUT2D eigenvalue weighted by Gasteiger charge is -2.18. The zero-order valence-electron chi connectivity index (χ0n) is 15.1. The number of halogens is 1. The summed E-state index contributed by atoms with van der Waals surface area (Å²) in [6.07, 6.45) is -0.442. The van der Waals surface area contributed by atoms with E-state index in [1.165, 1.54) is 0 Å². The molecule has 1 fully saturated rings. The van der Waals surface area contributed by atoms with Crippen molar-refractivity contribution in [2.75, 3.05) is 31.6 Å². The summed E-state index contributed by atoms with van der Waals surface area (Å²) in [4.78, 5) is 26.6. The van der Waals surface area contributed by atoms with E-state index in [1.54, 1.807) is 36.2 Å². The average molecular weight is 390 g/mol. The summed E-state index contributed by atoms with van der Waals surface area (Å²) >= 11 is 0. The summed E-state index contributed by atoms with van der Waals surface area (Å²) in [5.41, 5.74) is 1.67. The van der Waals surface area contributed by atoms with Gasteiger partial charge in [0.25, 0.3) is 11.8 Å². The summed E-state index contributed by atoms with van der Waals surface area (Å²) in [6, 6.07) is 16.0. The van der Waals surface area contributed by atoms with Crippen molar-refractivity contribution < 1.29 is 14.7 Å². The molecule has 1 aliphatic rings. The number of nitrogens with one attached hydrogen (secondary N) is 2. The molecule has 2 amide bonds. The molecular formula is C20H24ClN3O3. The van der Waals surface area contributed by atoms with Crippen molar-refractivity contribution in [3.8, 4) is 0 Å². The van der Waals surface area contributed by atoms with Crippen LogP contribution in [0.25, 0.3) is 0 Å². The van der Waals surface area contributed by atoms with Gasteiger partial charge in [0.2, 0.25) is 0 Å². The third kappa shape index (κ3) is 5.07. The molecule has 1 heterocycles. The summed E-state index contributed by atoms with van der Waals surface area (Å²) in [5, 5.41) is 15.7. The van der Waals surface area contributed by atoms with E-state index in [1.807, 2.05) is 30.3 Å². The predicted molar refractivity (Wildman–Crippen MR) is 108 cm³/mol. The Morgan fingerprint density at radius 1 is 1.11 bits per heavy atom. The van der Waals surface area contributed by atoms with Gasteiger partial charge in [-0.05, 0) is 30.3 Å². The Morgan fingerprint density at radius 3 is 2.48 bits per heavy atom. The van der Waals surface area contributed by atoms with Gasteiger partial charge < -0.3 is 20.6 Å². The number of para-hydroxylation sites is 1. The monoisotopic (exact) mass is 389 g/mol. The van der Waals surface area contributed by atoms with Crippen LogP contribution in [-0.4, -0.2) is 49.7 Å². The van der Waals surface area contributed by atoms with Crippen molar-refractivity contribution in [3.63, 3.8) is 0 Å². The Morgan fingerprint density at radius 2 is 1.81 bits per heavy atom. The number of benzene rings is 2. The lowest BCUT2D eigenvalue weighted by Crippen LogP contribution is -2.34. The molecule has 0 aliphatic carbocycles. The summed E-state index contributed by atoms with van der Waals surface area (Å²) in [7, 11) is 1.71. The molecule has 2 aromatic rings. The first-order chi connectivity index (χ1) is 12.6. The Balaban J connectivity index is 0.00000261. The highest BCUT2D eigenvalue weighted by Gasteiger charge is 2.25. The van der Waals surface area contributed by atoms with Crippen LogP contribution in [0.5, 0.6) is 0 Å². The van der Waals surface area contributed by atoms with E-state index in [-0.39, 0.29) is 30.1 Å². The van der Waals surface area contributed by atoms with Crippen LogP contribution in [0.15, 0.2) is 54.6 Å². The van der Waals surface area contributed by atoms with Gasteiger partial charge in [0.1, 0.15) is 0 Å². The number of β-amino-alcohol motifs (C(OH)–C–C–N with tert-alkyl or cyclic N) is 1. The Bertz CT molecular complexity index is 785. The second-order valence-electron chi connectivity index (χ2n) is 6.48. The highest BCUT2D eigenvalue weighted by atomic mass is 35.5. The lowest BCUT2D eigenvalue weighted by molar-refractivity contribution is 0.0927. The van der Waals surface area contributed by atoms with Gasteiger partial charge in [0, 0.05) is 49.4 Å². The van der Waals surface area contributed by atoms with Crippen LogP contribution in [-0.2, 0) is 0 Å². The van der Waals surface area contributed by atoms with Gasteiger partial charge in [-0.1, -0.05) is 24.3 Å². The van der Waals surface area contributed by atoms with Crippen LogP contribution in [0.1, 0.15) is 20.7 Å². The van der Waals surface area contributed by atoms with Crippen molar-refractivity contribution in [1.82, 2.24) is 10.6 Å². The van der Waals surface area contributed by atoms with E-state index in [0.29, 0.717) is 30.8 Å². The third-order valence-electron chi connectivity index (χ3n) is 4.65. The van der Waals surface area contributed by atoms with Gasteiger partial charge in [-0.15, -0.1) is 12.4 Å². The van der Waals surface area contributed by atoms with Crippen LogP contribution < -0.4 is 15.5 Å². The summed E-state index contributed by atoms with van der Waals surface area (Å²) in [6.45, 7) is 1.63. The Hall–Kier alpha value is -2.41. The summed E-state index contributed by atoms with van der Waals surface area (Å²) < 4.78 is 0. The molecule has 0 radical (unpaired) electrons. The molecule has 1 saturated heterocycles. The number of carbonyl (C=O) groups excluding carboxylic acids is 2. The Labute approximate surface area is 165 Å². The van der Waals surface area contributed by atoms with Gasteiger partial charge in [-0.2, -0.15) is 0 Å². The average Bonchev–Trinajstić information content (AvgIpc) is 3.10. The van der Waals surface area contributed by atoms with Crippen molar-refractivity contribution in [1.29, 1.82) is 0 Å². The fourth-order valence-electron chi connectivity index (χ4n) is 3.01. The predicted octanol–water partition coefficient (Wildman–Crippen LogP) is 1.70. The third-order valence-corrected chi connectivity index (χ3v) is 4.65. The number of rotatable bonds is 5. The number of aliphatic hydroxyl groups is 1. The normalized spacial score (nSPS) is 18.4. The van der Waals surface area contributed by atoms with E-state index in [4.69, 9.17) is 0 Å². The molecule has 2 atom stereocenters. The molecule has 3 N–H and O–H groups in total. The molecule has 0 saturated carbocycles. The fraction of sp³-hybridized carbons (Fsp3) is 0.300. The molecule has 6 nitrogen and oxygen atoms in total. The quantitative estimate of drug-likeness (QED) is 0.727. The van der Waals surface area contributed by atoms with Gasteiger partial charge >= 0.3 is 0 Å². The van der Waals surface area contributed by atoms with Crippen LogP contribution in [0.4, 0.5) is 5.69 Å². The summed E-state index contributed by atoms with van der Waals surface area (Å²) in [5.74, 6) is -0.421. The number of carbonyl (C=O) groups is 2. The zero-order chi connectivity index (χ0) is 18.5. The van der Waals surface area contributed by atoms with Crippen LogP contribution in [0.3, 0.4) is 0 Å². The highest BCUT2D eigenvalue weighted by molar-refractivity contribution is 6.07. The molecule has 0 aromatic heterocycles. The van der Waals surface area contributed by atoms with Crippen LogP contribution in [0, 0.1) is 5.92 Å². The van der Waals surface area contributed by atoms with E-state index in [9.17, 15) is 14.7 Å².